The fourth-order valence-corrected chi connectivity index (χ4v) is 4.60. The molecule has 4 nitrogen and oxygen atoms in total. The van der Waals surface area contributed by atoms with Crippen LogP contribution in [0.4, 0.5) is 0 Å². The first-order valence-electron chi connectivity index (χ1n) is 5.55. The molecule has 0 radical (unpaired) electrons. The van der Waals surface area contributed by atoms with Crippen molar-refractivity contribution < 1.29 is 8.42 Å². The van der Waals surface area contributed by atoms with Gasteiger partial charge in [-0.15, -0.1) is 11.3 Å². The Morgan fingerprint density at radius 3 is 2.76 bits per heavy atom. The van der Waals surface area contributed by atoms with Gasteiger partial charge in [0.2, 0.25) is 10.0 Å². The maximum atomic E-state index is 12.1. The number of rotatable bonds is 3. The van der Waals surface area contributed by atoms with Gasteiger partial charge in [-0.1, -0.05) is 13.3 Å². The summed E-state index contributed by atoms with van der Waals surface area (Å²) in [6.07, 6.45) is 3.04. The van der Waals surface area contributed by atoms with Crippen molar-refractivity contribution in [2.24, 2.45) is 5.92 Å². The van der Waals surface area contributed by atoms with Crippen molar-refractivity contribution in [3.8, 4) is 6.07 Å². The maximum absolute atomic E-state index is 12.1. The molecule has 1 saturated carbocycles. The van der Waals surface area contributed by atoms with Gasteiger partial charge in [0.25, 0.3) is 0 Å². The van der Waals surface area contributed by atoms with Gasteiger partial charge in [0.05, 0.1) is 0 Å². The first-order valence-corrected chi connectivity index (χ1v) is 7.85. The van der Waals surface area contributed by atoms with Crippen LogP contribution in [0.25, 0.3) is 0 Å². The normalized spacial score (nSPS) is 24.7. The molecule has 0 spiro atoms. The number of hydrogen-bond donors (Lipinski definition) is 1. The van der Waals surface area contributed by atoms with Crippen LogP contribution in [-0.4, -0.2) is 14.5 Å². The highest BCUT2D eigenvalue weighted by Crippen LogP contribution is 2.28. The van der Waals surface area contributed by atoms with Crippen LogP contribution in [0.1, 0.15) is 31.1 Å². The second kappa shape index (κ2) is 4.77. The van der Waals surface area contributed by atoms with E-state index >= 15 is 0 Å². The number of sulfonamides is 1. The lowest BCUT2D eigenvalue weighted by Gasteiger charge is -2.16. The molecule has 1 fully saturated rings. The summed E-state index contributed by atoms with van der Waals surface area (Å²) in [5.74, 6) is 0.389. The summed E-state index contributed by atoms with van der Waals surface area (Å²) in [6, 6.07) is 5.01. The second-order valence-corrected chi connectivity index (χ2v) is 7.39. The van der Waals surface area contributed by atoms with Crippen molar-refractivity contribution in [3.63, 3.8) is 0 Å². The van der Waals surface area contributed by atoms with Gasteiger partial charge >= 0.3 is 0 Å². The highest BCUT2D eigenvalue weighted by atomic mass is 32.2. The zero-order valence-corrected chi connectivity index (χ0v) is 11.1. The van der Waals surface area contributed by atoms with Crippen LogP contribution < -0.4 is 4.72 Å². The van der Waals surface area contributed by atoms with E-state index in [4.69, 9.17) is 5.26 Å². The highest BCUT2D eigenvalue weighted by molar-refractivity contribution is 7.91. The molecule has 17 heavy (non-hydrogen) atoms. The zero-order chi connectivity index (χ0) is 12.5. The topological polar surface area (TPSA) is 70.0 Å². The summed E-state index contributed by atoms with van der Waals surface area (Å²) in [7, 11) is -3.45. The van der Waals surface area contributed by atoms with Crippen LogP contribution >= 0.6 is 11.3 Å². The molecule has 1 aliphatic carbocycles. The number of hydrogen-bond acceptors (Lipinski definition) is 4. The third-order valence-electron chi connectivity index (χ3n) is 3.12. The molecule has 1 aromatic rings. The van der Waals surface area contributed by atoms with E-state index in [1.54, 1.807) is 0 Å². The van der Waals surface area contributed by atoms with Crippen molar-refractivity contribution in [1.29, 1.82) is 5.26 Å². The van der Waals surface area contributed by atoms with Crippen molar-refractivity contribution in [2.45, 2.75) is 36.4 Å². The van der Waals surface area contributed by atoms with Crippen LogP contribution in [0, 0.1) is 17.2 Å². The molecule has 2 atom stereocenters. The monoisotopic (exact) mass is 270 g/mol. The maximum Gasteiger partial charge on any atom is 0.250 e. The van der Waals surface area contributed by atoms with E-state index in [-0.39, 0.29) is 10.3 Å². The van der Waals surface area contributed by atoms with Gasteiger partial charge in [0.15, 0.2) is 0 Å². The fraction of sp³-hybridized carbons (Fsp3) is 0.545. The molecular formula is C11H14N2O2S2. The highest BCUT2D eigenvalue weighted by Gasteiger charge is 2.28. The molecule has 0 bridgehead atoms. The van der Waals surface area contributed by atoms with E-state index in [2.05, 4.69) is 11.6 Å². The Bertz CT molecular complexity index is 542. The third kappa shape index (κ3) is 2.68. The van der Waals surface area contributed by atoms with Crippen molar-refractivity contribution in [3.05, 3.63) is 17.0 Å². The first-order chi connectivity index (χ1) is 8.03. The molecule has 2 rings (SSSR count). The number of thiophene rings is 1. The summed E-state index contributed by atoms with van der Waals surface area (Å²) < 4.78 is 27.1. The standard InChI is InChI=1S/C11H14N2O2S2/c1-8-3-2-4-10(8)13-17(14,15)11-6-5-9(7-12)16-11/h5-6,8,10,13H,2-4H2,1H3. The SMILES string of the molecule is CC1CCCC1NS(=O)(=O)c1ccc(C#N)s1. The quantitative estimate of drug-likeness (QED) is 0.914. The third-order valence-corrected chi connectivity index (χ3v) is 6.10. The first kappa shape index (κ1) is 12.6. The van der Waals surface area contributed by atoms with E-state index in [0.29, 0.717) is 10.8 Å². The molecule has 2 unspecified atom stereocenters. The molecular weight excluding hydrogens is 256 g/mol. The minimum absolute atomic E-state index is 0.0348. The number of nitriles is 1. The van der Waals surface area contributed by atoms with Gasteiger partial charge in [0, 0.05) is 6.04 Å². The largest absolute Gasteiger partial charge is 0.250 e. The van der Waals surface area contributed by atoms with Gasteiger partial charge in [-0.3, -0.25) is 0 Å². The zero-order valence-electron chi connectivity index (χ0n) is 9.51. The molecule has 6 heteroatoms. The lowest BCUT2D eigenvalue weighted by Crippen LogP contribution is -2.35. The molecule has 0 amide bonds. The van der Waals surface area contributed by atoms with Gasteiger partial charge in [-0.05, 0) is 30.9 Å². The smallest absolute Gasteiger partial charge is 0.207 e. The Morgan fingerprint density at radius 2 is 2.24 bits per heavy atom. The van der Waals surface area contributed by atoms with Gasteiger partial charge in [0.1, 0.15) is 15.2 Å². The molecule has 92 valence electrons. The molecule has 1 N–H and O–H groups in total. The number of nitrogens with zero attached hydrogens (tertiary/aromatic N) is 1. The van der Waals surface area contributed by atoms with E-state index in [1.165, 1.54) is 12.1 Å². The average molecular weight is 270 g/mol. The minimum Gasteiger partial charge on any atom is -0.207 e. The van der Waals surface area contributed by atoms with E-state index in [1.807, 2.05) is 6.07 Å². The molecule has 1 aliphatic rings. The summed E-state index contributed by atoms with van der Waals surface area (Å²) >= 11 is 1.01. The Hall–Kier alpha value is -0.900. The van der Waals surface area contributed by atoms with Crippen LogP contribution in [0.15, 0.2) is 16.3 Å². The summed E-state index contributed by atoms with van der Waals surface area (Å²) in [5.41, 5.74) is 0. The van der Waals surface area contributed by atoms with Crippen LogP contribution in [-0.2, 0) is 10.0 Å². The Labute approximate surface area is 105 Å². The van der Waals surface area contributed by atoms with Crippen molar-refractivity contribution >= 4 is 21.4 Å². The molecule has 0 saturated heterocycles. The van der Waals surface area contributed by atoms with Crippen LogP contribution in [0.5, 0.6) is 0 Å². The van der Waals surface area contributed by atoms with Gasteiger partial charge in [-0.2, -0.15) is 5.26 Å². The predicted molar refractivity (Wildman–Crippen MR) is 66.2 cm³/mol. The Balaban J connectivity index is 2.16. The lowest BCUT2D eigenvalue weighted by atomic mass is 10.1. The Morgan fingerprint density at radius 1 is 1.47 bits per heavy atom. The summed E-state index contributed by atoms with van der Waals surface area (Å²) in [5, 5.41) is 8.69. The van der Waals surface area contributed by atoms with Crippen LogP contribution in [0.3, 0.4) is 0 Å². The van der Waals surface area contributed by atoms with Crippen molar-refractivity contribution in [2.75, 3.05) is 0 Å². The lowest BCUT2D eigenvalue weighted by molar-refractivity contribution is 0.477. The second-order valence-electron chi connectivity index (χ2n) is 4.37. The van der Waals surface area contributed by atoms with Crippen LogP contribution in [0.2, 0.25) is 0 Å². The van der Waals surface area contributed by atoms with Gasteiger partial charge < -0.3 is 0 Å². The van der Waals surface area contributed by atoms with E-state index in [9.17, 15) is 8.42 Å². The summed E-state index contributed by atoms with van der Waals surface area (Å²) in [6.45, 7) is 2.06. The van der Waals surface area contributed by atoms with E-state index < -0.39 is 10.0 Å². The molecule has 0 aromatic carbocycles. The predicted octanol–water partition coefficient (Wildman–Crippen LogP) is 2.09. The van der Waals surface area contributed by atoms with Crippen molar-refractivity contribution in [1.82, 2.24) is 4.72 Å². The molecule has 1 aromatic heterocycles. The fourth-order valence-electron chi connectivity index (χ4n) is 2.10. The van der Waals surface area contributed by atoms with E-state index in [0.717, 1.165) is 30.6 Å². The number of nitrogens with one attached hydrogen (secondary N) is 1. The molecule has 1 heterocycles. The molecule has 0 aliphatic heterocycles. The van der Waals surface area contributed by atoms with Gasteiger partial charge in [-0.25, -0.2) is 13.1 Å². The minimum atomic E-state index is -3.45. The Kier molecular flexibility index (Phi) is 3.52. The average Bonchev–Trinajstić information content (AvgIpc) is 2.88. The summed E-state index contributed by atoms with van der Waals surface area (Å²) in [4.78, 5) is 0.421.